The molecule has 1 heterocycles. The van der Waals surface area contributed by atoms with E-state index in [1.54, 1.807) is 23.9 Å². The number of amides is 1. The molecule has 16 heavy (non-hydrogen) atoms. The lowest BCUT2D eigenvalue weighted by atomic mass is 10.3. The quantitative estimate of drug-likeness (QED) is 0.623. The number of carbonyl (C=O) groups is 1. The minimum atomic E-state index is -0.409. The summed E-state index contributed by atoms with van der Waals surface area (Å²) in [6.45, 7) is 0.0988. The van der Waals surface area contributed by atoms with Gasteiger partial charge in [0.05, 0.1) is 24.9 Å². The second-order valence-corrected chi connectivity index (χ2v) is 3.58. The SMILES string of the molecule is COCC(CO)NC(=O)c1cc(N)cn1C. The van der Waals surface area contributed by atoms with Gasteiger partial charge in [-0.15, -0.1) is 0 Å². The predicted molar refractivity (Wildman–Crippen MR) is 60.0 cm³/mol. The van der Waals surface area contributed by atoms with Gasteiger partial charge in [-0.3, -0.25) is 4.79 Å². The van der Waals surface area contributed by atoms with Crippen LogP contribution in [0.15, 0.2) is 12.3 Å². The number of aromatic nitrogens is 1. The van der Waals surface area contributed by atoms with Crippen LogP contribution < -0.4 is 11.1 Å². The van der Waals surface area contributed by atoms with Crippen LogP contribution in [0.5, 0.6) is 0 Å². The summed E-state index contributed by atoms with van der Waals surface area (Å²) in [5.41, 5.74) is 6.54. The Hall–Kier alpha value is -1.53. The summed E-state index contributed by atoms with van der Waals surface area (Å²) >= 11 is 0. The van der Waals surface area contributed by atoms with E-state index in [-0.39, 0.29) is 19.1 Å². The molecule has 0 saturated heterocycles. The molecule has 0 aromatic carbocycles. The average Bonchev–Trinajstić information content (AvgIpc) is 2.57. The van der Waals surface area contributed by atoms with Crippen LogP contribution in [0.3, 0.4) is 0 Å². The number of nitrogens with two attached hydrogens (primary N) is 1. The molecule has 1 aromatic rings. The number of nitrogens with one attached hydrogen (secondary N) is 1. The minimum absolute atomic E-state index is 0.167. The third kappa shape index (κ3) is 2.98. The zero-order valence-corrected chi connectivity index (χ0v) is 9.43. The summed E-state index contributed by atoms with van der Waals surface area (Å²) in [7, 11) is 3.24. The monoisotopic (exact) mass is 227 g/mol. The average molecular weight is 227 g/mol. The molecule has 4 N–H and O–H groups in total. The highest BCUT2D eigenvalue weighted by atomic mass is 16.5. The van der Waals surface area contributed by atoms with Crippen LogP contribution in [0.25, 0.3) is 0 Å². The number of methoxy groups -OCH3 is 1. The highest BCUT2D eigenvalue weighted by molar-refractivity contribution is 5.94. The maximum atomic E-state index is 11.8. The van der Waals surface area contributed by atoms with Gasteiger partial charge in [0, 0.05) is 20.4 Å². The van der Waals surface area contributed by atoms with Gasteiger partial charge in [-0.05, 0) is 6.07 Å². The number of hydrogen-bond acceptors (Lipinski definition) is 4. The van der Waals surface area contributed by atoms with E-state index in [4.69, 9.17) is 15.6 Å². The van der Waals surface area contributed by atoms with Gasteiger partial charge in [0.1, 0.15) is 5.69 Å². The number of aliphatic hydroxyl groups excluding tert-OH is 1. The van der Waals surface area contributed by atoms with Gasteiger partial charge >= 0.3 is 0 Å². The van der Waals surface area contributed by atoms with Crippen molar-refractivity contribution in [3.63, 3.8) is 0 Å². The van der Waals surface area contributed by atoms with Crippen molar-refractivity contribution in [3.05, 3.63) is 18.0 Å². The molecule has 1 aromatic heterocycles. The van der Waals surface area contributed by atoms with E-state index >= 15 is 0 Å². The Morgan fingerprint density at radius 3 is 2.88 bits per heavy atom. The number of hydrogen-bond donors (Lipinski definition) is 3. The molecule has 0 saturated carbocycles. The van der Waals surface area contributed by atoms with E-state index in [1.807, 2.05) is 0 Å². The summed E-state index contributed by atoms with van der Waals surface area (Å²) in [6.07, 6.45) is 1.65. The fourth-order valence-electron chi connectivity index (χ4n) is 1.42. The number of nitrogens with zero attached hydrogens (tertiary/aromatic N) is 1. The first-order valence-electron chi connectivity index (χ1n) is 4.91. The number of carbonyl (C=O) groups excluding carboxylic acids is 1. The Labute approximate surface area is 94.0 Å². The molecule has 6 nitrogen and oxygen atoms in total. The lowest BCUT2D eigenvalue weighted by Crippen LogP contribution is -2.41. The van der Waals surface area contributed by atoms with Gasteiger partial charge in [-0.25, -0.2) is 0 Å². The molecule has 1 rings (SSSR count). The molecule has 1 amide bonds. The Morgan fingerprint density at radius 2 is 2.44 bits per heavy atom. The number of aryl methyl sites for hydroxylation is 1. The topological polar surface area (TPSA) is 89.5 Å². The molecule has 0 fully saturated rings. The second-order valence-electron chi connectivity index (χ2n) is 3.58. The van der Waals surface area contributed by atoms with Crippen LogP contribution in [-0.2, 0) is 11.8 Å². The number of ether oxygens (including phenoxy) is 1. The van der Waals surface area contributed by atoms with Gasteiger partial charge in [-0.1, -0.05) is 0 Å². The summed E-state index contributed by atoms with van der Waals surface area (Å²) in [5.74, 6) is -0.282. The van der Waals surface area contributed by atoms with Crippen LogP contribution in [0.2, 0.25) is 0 Å². The van der Waals surface area contributed by atoms with E-state index in [1.165, 1.54) is 7.11 Å². The first kappa shape index (κ1) is 12.5. The molecule has 0 aliphatic heterocycles. The summed E-state index contributed by atoms with van der Waals surface area (Å²) in [4.78, 5) is 11.8. The number of rotatable bonds is 5. The maximum absolute atomic E-state index is 11.8. The van der Waals surface area contributed by atoms with Crippen LogP contribution in [0.1, 0.15) is 10.5 Å². The van der Waals surface area contributed by atoms with Crippen molar-refractivity contribution in [3.8, 4) is 0 Å². The highest BCUT2D eigenvalue weighted by Crippen LogP contribution is 2.08. The molecular formula is C10H17N3O3. The molecule has 0 aliphatic carbocycles. The molecular weight excluding hydrogens is 210 g/mol. The van der Waals surface area contributed by atoms with E-state index in [0.29, 0.717) is 11.4 Å². The summed E-state index contributed by atoms with van der Waals surface area (Å²) in [5, 5.41) is 11.6. The Kier molecular flexibility index (Phi) is 4.33. The fourth-order valence-corrected chi connectivity index (χ4v) is 1.42. The molecule has 6 heteroatoms. The van der Waals surface area contributed by atoms with E-state index in [9.17, 15) is 4.79 Å². The number of anilines is 1. The Balaban J connectivity index is 2.67. The highest BCUT2D eigenvalue weighted by Gasteiger charge is 2.15. The minimum Gasteiger partial charge on any atom is -0.397 e. The van der Waals surface area contributed by atoms with Crippen molar-refractivity contribution in [2.45, 2.75) is 6.04 Å². The maximum Gasteiger partial charge on any atom is 0.268 e. The molecule has 0 bridgehead atoms. The first-order valence-corrected chi connectivity index (χ1v) is 4.91. The smallest absolute Gasteiger partial charge is 0.268 e. The number of nitrogen functional groups attached to an aromatic ring is 1. The van der Waals surface area contributed by atoms with Crippen molar-refractivity contribution in [2.24, 2.45) is 7.05 Å². The van der Waals surface area contributed by atoms with Crippen molar-refractivity contribution in [1.29, 1.82) is 0 Å². The fraction of sp³-hybridized carbons (Fsp3) is 0.500. The van der Waals surface area contributed by atoms with Gasteiger partial charge in [0.25, 0.3) is 5.91 Å². The summed E-state index contributed by atoms with van der Waals surface area (Å²) < 4.78 is 6.49. The van der Waals surface area contributed by atoms with Crippen molar-refractivity contribution >= 4 is 11.6 Å². The van der Waals surface area contributed by atoms with Gasteiger partial charge < -0.3 is 25.5 Å². The molecule has 0 radical (unpaired) electrons. The van der Waals surface area contributed by atoms with Crippen LogP contribution in [0.4, 0.5) is 5.69 Å². The van der Waals surface area contributed by atoms with Gasteiger partial charge in [0.15, 0.2) is 0 Å². The largest absolute Gasteiger partial charge is 0.397 e. The third-order valence-corrected chi connectivity index (χ3v) is 2.18. The standard InChI is InChI=1S/C10H17N3O3/c1-13-4-7(11)3-9(13)10(15)12-8(5-14)6-16-2/h3-4,8,14H,5-6,11H2,1-2H3,(H,12,15). The molecule has 1 unspecified atom stereocenters. The third-order valence-electron chi connectivity index (χ3n) is 2.18. The van der Waals surface area contributed by atoms with Crippen LogP contribution >= 0.6 is 0 Å². The molecule has 0 spiro atoms. The van der Waals surface area contributed by atoms with Crippen molar-refractivity contribution in [2.75, 3.05) is 26.1 Å². The normalized spacial score (nSPS) is 12.4. The Morgan fingerprint density at radius 1 is 1.75 bits per heavy atom. The zero-order valence-electron chi connectivity index (χ0n) is 9.43. The lowest BCUT2D eigenvalue weighted by Gasteiger charge is -2.15. The van der Waals surface area contributed by atoms with E-state index < -0.39 is 6.04 Å². The van der Waals surface area contributed by atoms with Crippen LogP contribution in [-0.4, -0.2) is 41.9 Å². The van der Waals surface area contributed by atoms with Crippen molar-refractivity contribution in [1.82, 2.24) is 9.88 Å². The Bertz CT molecular complexity index is 362. The molecule has 0 aliphatic rings. The first-order chi connectivity index (χ1) is 7.58. The zero-order chi connectivity index (χ0) is 12.1. The molecule has 90 valence electrons. The second kappa shape index (κ2) is 5.53. The van der Waals surface area contributed by atoms with Crippen LogP contribution in [0, 0.1) is 0 Å². The van der Waals surface area contributed by atoms with Crippen molar-refractivity contribution < 1.29 is 14.6 Å². The van der Waals surface area contributed by atoms with E-state index in [2.05, 4.69) is 5.32 Å². The van der Waals surface area contributed by atoms with E-state index in [0.717, 1.165) is 0 Å². The van der Waals surface area contributed by atoms with Gasteiger partial charge in [-0.2, -0.15) is 0 Å². The van der Waals surface area contributed by atoms with Gasteiger partial charge in [0.2, 0.25) is 0 Å². The summed E-state index contributed by atoms with van der Waals surface area (Å²) in [6, 6.07) is 1.17. The number of aliphatic hydroxyl groups is 1. The molecule has 1 atom stereocenters. The predicted octanol–water partition coefficient (Wildman–Crippen LogP) is -0.656. The lowest BCUT2D eigenvalue weighted by molar-refractivity contribution is 0.0832.